The number of rotatable bonds is 6. The van der Waals surface area contributed by atoms with Crippen LogP contribution in [0.1, 0.15) is 30.5 Å². The van der Waals surface area contributed by atoms with Gasteiger partial charge in [0.1, 0.15) is 6.61 Å². The van der Waals surface area contributed by atoms with Gasteiger partial charge >= 0.3 is 5.97 Å². The summed E-state index contributed by atoms with van der Waals surface area (Å²) in [4.78, 5) is 16.4. The van der Waals surface area contributed by atoms with Crippen molar-refractivity contribution in [2.45, 2.75) is 27.4 Å². The lowest BCUT2D eigenvalue weighted by Gasteiger charge is -2.13. The van der Waals surface area contributed by atoms with E-state index in [1.165, 1.54) is 5.56 Å². The molecule has 2 aromatic carbocycles. The zero-order valence-electron chi connectivity index (χ0n) is 15.1. The SMILES string of the molecule is CCOc1cc(/C=C2\C(=O)ON=C2C)ccc1OCc1ccc(C)cc1. The second-order valence-corrected chi connectivity index (χ2v) is 6.03. The molecule has 0 fully saturated rings. The Morgan fingerprint density at radius 3 is 2.46 bits per heavy atom. The van der Waals surface area contributed by atoms with Crippen LogP contribution in [0.3, 0.4) is 0 Å². The molecular formula is C21H21NO4. The number of hydrogen-bond donors (Lipinski definition) is 0. The van der Waals surface area contributed by atoms with E-state index < -0.39 is 5.97 Å². The predicted molar refractivity (Wildman–Crippen MR) is 100 cm³/mol. The standard InChI is InChI=1S/C21H21NO4/c1-4-24-20-12-17(11-18-15(3)22-26-21(18)23)9-10-19(20)25-13-16-7-5-14(2)6-8-16/h5-12H,4,13H2,1-3H3/b18-11-. The van der Waals surface area contributed by atoms with Crippen molar-refractivity contribution in [3.63, 3.8) is 0 Å². The molecule has 0 unspecified atom stereocenters. The van der Waals surface area contributed by atoms with Gasteiger partial charge in [0, 0.05) is 0 Å². The zero-order chi connectivity index (χ0) is 18.5. The van der Waals surface area contributed by atoms with Crippen molar-refractivity contribution >= 4 is 17.8 Å². The number of carbonyl (C=O) groups excluding carboxylic acids is 1. The van der Waals surface area contributed by atoms with Gasteiger partial charge in [-0.2, -0.15) is 0 Å². The summed E-state index contributed by atoms with van der Waals surface area (Å²) in [6.45, 7) is 6.68. The lowest BCUT2D eigenvalue weighted by atomic mass is 10.1. The highest BCUT2D eigenvalue weighted by molar-refractivity contribution is 6.24. The molecule has 1 heterocycles. The summed E-state index contributed by atoms with van der Waals surface area (Å²) in [6.07, 6.45) is 1.74. The summed E-state index contributed by atoms with van der Waals surface area (Å²) in [7, 11) is 0. The topological polar surface area (TPSA) is 57.1 Å². The molecule has 0 saturated carbocycles. The average Bonchev–Trinajstić information content (AvgIpc) is 2.95. The second-order valence-electron chi connectivity index (χ2n) is 6.03. The third kappa shape index (κ3) is 4.11. The lowest BCUT2D eigenvalue weighted by molar-refractivity contribution is -0.136. The van der Waals surface area contributed by atoms with Crippen LogP contribution < -0.4 is 9.47 Å². The molecule has 0 bridgehead atoms. The highest BCUT2D eigenvalue weighted by Gasteiger charge is 2.21. The van der Waals surface area contributed by atoms with E-state index >= 15 is 0 Å². The van der Waals surface area contributed by atoms with E-state index in [2.05, 4.69) is 29.0 Å². The van der Waals surface area contributed by atoms with Crippen LogP contribution in [-0.4, -0.2) is 18.3 Å². The largest absolute Gasteiger partial charge is 0.490 e. The molecule has 2 aromatic rings. The predicted octanol–water partition coefficient (Wildman–Crippen LogP) is 4.29. The zero-order valence-corrected chi connectivity index (χ0v) is 15.1. The summed E-state index contributed by atoms with van der Waals surface area (Å²) in [6, 6.07) is 13.8. The molecule has 5 heteroatoms. The van der Waals surface area contributed by atoms with Crippen molar-refractivity contribution in [1.82, 2.24) is 0 Å². The number of aryl methyl sites for hydroxylation is 1. The van der Waals surface area contributed by atoms with Crippen molar-refractivity contribution < 1.29 is 19.1 Å². The second kappa shape index (κ2) is 7.87. The maximum absolute atomic E-state index is 11.7. The van der Waals surface area contributed by atoms with Gasteiger partial charge < -0.3 is 14.3 Å². The first-order valence-corrected chi connectivity index (χ1v) is 8.50. The Balaban J connectivity index is 1.80. The molecule has 0 aliphatic carbocycles. The molecule has 0 atom stereocenters. The van der Waals surface area contributed by atoms with E-state index in [4.69, 9.17) is 9.47 Å². The van der Waals surface area contributed by atoms with Gasteiger partial charge in [0.15, 0.2) is 11.5 Å². The molecule has 0 N–H and O–H groups in total. The minimum absolute atomic E-state index is 0.444. The average molecular weight is 351 g/mol. The van der Waals surface area contributed by atoms with Gasteiger partial charge in [0.25, 0.3) is 0 Å². The molecule has 1 aliphatic rings. The highest BCUT2D eigenvalue weighted by Crippen LogP contribution is 2.30. The van der Waals surface area contributed by atoms with Gasteiger partial charge in [-0.05, 0) is 50.1 Å². The lowest BCUT2D eigenvalue weighted by Crippen LogP contribution is -2.02. The summed E-state index contributed by atoms with van der Waals surface area (Å²) in [5.74, 6) is 0.851. The summed E-state index contributed by atoms with van der Waals surface area (Å²) in [5.41, 5.74) is 4.13. The van der Waals surface area contributed by atoms with Gasteiger partial charge in [-0.1, -0.05) is 41.1 Å². The van der Waals surface area contributed by atoms with Crippen LogP contribution in [-0.2, 0) is 16.2 Å². The van der Waals surface area contributed by atoms with Crippen molar-refractivity contribution in [2.75, 3.05) is 6.61 Å². The minimum Gasteiger partial charge on any atom is -0.490 e. The van der Waals surface area contributed by atoms with E-state index in [1.807, 2.05) is 37.3 Å². The van der Waals surface area contributed by atoms with Crippen molar-refractivity contribution in [3.05, 3.63) is 64.7 Å². The molecular weight excluding hydrogens is 330 g/mol. The van der Waals surface area contributed by atoms with Crippen LogP contribution in [0, 0.1) is 6.92 Å². The molecule has 26 heavy (non-hydrogen) atoms. The first-order chi connectivity index (χ1) is 12.6. The molecule has 3 rings (SSSR count). The van der Waals surface area contributed by atoms with E-state index in [1.54, 1.807) is 13.0 Å². The quantitative estimate of drug-likeness (QED) is 0.575. The first kappa shape index (κ1) is 17.7. The Hall–Kier alpha value is -3.08. The molecule has 1 aliphatic heterocycles. The van der Waals surface area contributed by atoms with Crippen molar-refractivity contribution in [1.29, 1.82) is 0 Å². The minimum atomic E-state index is -0.444. The fourth-order valence-electron chi connectivity index (χ4n) is 2.53. The number of ether oxygens (including phenoxy) is 2. The van der Waals surface area contributed by atoms with Crippen LogP contribution >= 0.6 is 0 Å². The number of oxime groups is 1. The van der Waals surface area contributed by atoms with Crippen LogP contribution in [0.15, 0.2) is 53.2 Å². The Morgan fingerprint density at radius 1 is 1.04 bits per heavy atom. The van der Waals surface area contributed by atoms with Gasteiger partial charge in [-0.15, -0.1) is 0 Å². The molecule has 0 aromatic heterocycles. The molecule has 134 valence electrons. The molecule has 0 spiro atoms. The van der Waals surface area contributed by atoms with Crippen LogP contribution in [0.2, 0.25) is 0 Å². The summed E-state index contributed by atoms with van der Waals surface area (Å²) in [5, 5.41) is 3.68. The van der Waals surface area contributed by atoms with Crippen LogP contribution in [0.25, 0.3) is 6.08 Å². The number of benzene rings is 2. The number of carbonyl (C=O) groups is 1. The van der Waals surface area contributed by atoms with Gasteiger partial charge in [-0.25, -0.2) is 4.79 Å². The van der Waals surface area contributed by atoms with Gasteiger partial charge in [0.2, 0.25) is 0 Å². The summed E-state index contributed by atoms with van der Waals surface area (Å²) < 4.78 is 11.6. The maximum atomic E-state index is 11.7. The molecule has 5 nitrogen and oxygen atoms in total. The summed E-state index contributed by atoms with van der Waals surface area (Å²) >= 11 is 0. The van der Waals surface area contributed by atoms with E-state index in [9.17, 15) is 4.79 Å². The Bertz CT molecular complexity index is 866. The fraction of sp³-hybridized carbons (Fsp3) is 0.238. The number of hydrogen-bond acceptors (Lipinski definition) is 5. The maximum Gasteiger partial charge on any atom is 0.367 e. The van der Waals surface area contributed by atoms with Gasteiger partial charge in [-0.3, -0.25) is 0 Å². The Labute approximate surface area is 152 Å². The normalized spacial score (nSPS) is 15.0. The van der Waals surface area contributed by atoms with Crippen LogP contribution in [0.4, 0.5) is 0 Å². The molecule has 0 radical (unpaired) electrons. The van der Waals surface area contributed by atoms with Crippen LogP contribution in [0.5, 0.6) is 11.5 Å². The highest BCUT2D eigenvalue weighted by atomic mass is 16.7. The number of nitrogens with zero attached hydrogens (tertiary/aromatic N) is 1. The van der Waals surface area contributed by atoms with Crippen molar-refractivity contribution in [2.24, 2.45) is 5.16 Å². The first-order valence-electron chi connectivity index (χ1n) is 8.50. The Morgan fingerprint density at radius 2 is 1.81 bits per heavy atom. The molecule has 0 amide bonds. The van der Waals surface area contributed by atoms with Gasteiger partial charge in [0.05, 0.1) is 17.9 Å². The third-order valence-corrected chi connectivity index (χ3v) is 3.97. The monoisotopic (exact) mass is 351 g/mol. The van der Waals surface area contributed by atoms with Crippen molar-refractivity contribution in [3.8, 4) is 11.5 Å². The fourth-order valence-corrected chi connectivity index (χ4v) is 2.53. The van der Waals surface area contributed by atoms with E-state index in [-0.39, 0.29) is 0 Å². The smallest absolute Gasteiger partial charge is 0.367 e. The van der Waals surface area contributed by atoms with E-state index in [0.717, 1.165) is 11.1 Å². The third-order valence-electron chi connectivity index (χ3n) is 3.97. The Kier molecular flexibility index (Phi) is 5.37. The molecule has 0 saturated heterocycles. The van der Waals surface area contributed by atoms with E-state index in [0.29, 0.717) is 36.0 Å².